The number of anilines is 1. The number of sulfonamides is 1. The van der Waals surface area contributed by atoms with Gasteiger partial charge in [-0.3, -0.25) is 4.79 Å². The number of fused-ring (bicyclic) bond motifs is 1. The highest BCUT2D eigenvalue weighted by Gasteiger charge is 2.34. The van der Waals surface area contributed by atoms with Gasteiger partial charge in [-0.05, 0) is 67.4 Å². The second-order valence-electron chi connectivity index (χ2n) is 6.97. The van der Waals surface area contributed by atoms with Crippen molar-refractivity contribution in [2.75, 3.05) is 4.31 Å². The molecule has 4 aromatic rings. The lowest BCUT2D eigenvalue weighted by molar-refractivity contribution is 0.0981. The summed E-state index contributed by atoms with van der Waals surface area (Å²) in [5.41, 5.74) is 2.24. The van der Waals surface area contributed by atoms with Crippen molar-refractivity contribution in [3.05, 3.63) is 94.7 Å². The normalized spacial score (nSPS) is 11.6. The Kier molecular flexibility index (Phi) is 5.13. The van der Waals surface area contributed by atoms with Crippen LogP contribution < -0.4 is 4.31 Å². The number of furan rings is 1. The molecule has 7 heteroatoms. The molecule has 0 N–H and O–H groups in total. The maximum Gasteiger partial charge on any atom is 0.308 e. The zero-order valence-corrected chi connectivity index (χ0v) is 17.9. The molecule has 3 aromatic carbocycles. The van der Waals surface area contributed by atoms with Crippen molar-refractivity contribution in [1.29, 1.82) is 0 Å². The van der Waals surface area contributed by atoms with Gasteiger partial charge in [0.05, 0.1) is 10.6 Å². The topological polar surface area (TPSA) is 67.6 Å². The van der Waals surface area contributed by atoms with Crippen LogP contribution in [0.15, 0.2) is 82.1 Å². The maximum atomic E-state index is 13.6. The molecular formula is C23H18ClNO4S. The number of halogens is 1. The van der Waals surface area contributed by atoms with E-state index in [0.717, 1.165) is 9.87 Å². The molecular weight excluding hydrogens is 422 g/mol. The van der Waals surface area contributed by atoms with E-state index in [-0.39, 0.29) is 16.3 Å². The number of hydrogen-bond donors (Lipinski definition) is 0. The Morgan fingerprint density at radius 1 is 0.933 bits per heavy atom. The minimum Gasteiger partial charge on any atom is -0.451 e. The van der Waals surface area contributed by atoms with Crippen molar-refractivity contribution in [2.24, 2.45) is 0 Å². The molecule has 152 valence electrons. The van der Waals surface area contributed by atoms with Gasteiger partial charge in [0, 0.05) is 10.4 Å². The van der Waals surface area contributed by atoms with Crippen molar-refractivity contribution in [2.45, 2.75) is 18.7 Å². The third kappa shape index (κ3) is 3.60. The molecule has 0 saturated carbocycles. The fourth-order valence-corrected chi connectivity index (χ4v) is 4.77. The van der Waals surface area contributed by atoms with Gasteiger partial charge in [0.2, 0.25) is 0 Å². The number of hydrogen-bond acceptors (Lipinski definition) is 4. The van der Waals surface area contributed by atoms with E-state index in [1.54, 1.807) is 43.3 Å². The lowest BCUT2D eigenvalue weighted by atomic mass is 10.1. The average molecular weight is 440 g/mol. The number of para-hydroxylation sites is 1. The predicted molar refractivity (Wildman–Crippen MR) is 118 cm³/mol. The van der Waals surface area contributed by atoms with Gasteiger partial charge in [-0.2, -0.15) is 4.31 Å². The Morgan fingerprint density at radius 3 is 2.33 bits per heavy atom. The summed E-state index contributed by atoms with van der Waals surface area (Å²) >= 11 is 5.92. The van der Waals surface area contributed by atoms with Gasteiger partial charge in [-0.1, -0.05) is 41.9 Å². The summed E-state index contributed by atoms with van der Waals surface area (Å²) in [4.78, 5) is 13.4. The summed E-state index contributed by atoms with van der Waals surface area (Å²) in [6, 6.07) is 19.7. The highest BCUT2D eigenvalue weighted by atomic mass is 35.5. The monoisotopic (exact) mass is 439 g/mol. The lowest BCUT2D eigenvalue weighted by Crippen LogP contribution is -2.37. The number of rotatable bonds is 4. The first kappa shape index (κ1) is 20.2. The highest BCUT2D eigenvalue weighted by molar-refractivity contribution is 7.93. The summed E-state index contributed by atoms with van der Waals surface area (Å²) in [7, 11) is -4.23. The Morgan fingerprint density at radius 2 is 1.63 bits per heavy atom. The molecule has 0 bridgehead atoms. The fourth-order valence-electron chi connectivity index (χ4n) is 3.19. The van der Waals surface area contributed by atoms with Crippen LogP contribution in [0.25, 0.3) is 11.0 Å². The minimum absolute atomic E-state index is 0.0442. The quantitative estimate of drug-likeness (QED) is 0.406. The number of amides is 1. The zero-order chi connectivity index (χ0) is 21.5. The second kappa shape index (κ2) is 7.63. The summed E-state index contributed by atoms with van der Waals surface area (Å²) in [6.45, 7) is 3.59. The molecule has 0 radical (unpaired) electrons. The smallest absolute Gasteiger partial charge is 0.308 e. The van der Waals surface area contributed by atoms with Crippen LogP contribution in [0.4, 0.5) is 5.69 Å². The summed E-state index contributed by atoms with van der Waals surface area (Å²) in [5.74, 6) is -0.829. The summed E-state index contributed by atoms with van der Waals surface area (Å²) in [5, 5.41) is 1.11. The molecule has 30 heavy (non-hydrogen) atoms. The maximum absolute atomic E-state index is 13.6. The Hall–Kier alpha value is -3.09. The van der Waals surface area contributed by atoms with Crippen LogP contribution in [0.2, 0.25) is 5.02 Å². The van der Waals surface area contributed by atoms with E-state index in [2.05, 4.69) is 0 Å². The van der Waals surface area contributed by atoms with Crippen molar-refractivity contribution >= 4 is 44.2 Å². The van der Waals surface area contributed by atoms with Crippen LogP contribution in [0.5, 0.6) is 0 Å². The summed E-state index contributed by atoms with van der Waals surface area (Å²) < 4.78 is 33.6. The standard InChI is InChI=1S/C23H18ClNO4S/c1-15-7-8-16(2)20(13-15)25(30(27,28)19-11-9-18(24)10-12-19)23(26)22-14-17-5-3-4-6-21(17)29-22/h3-14H,1-2H3. The van der Waals surface area contributed by atoms with Crippen molar-refractivity contribution < 1.29 is 17.6 Å². The number of nitrogens with zero attached hydrogens (tertiary/aromatic N) is 1. The molecule has 0 saturated heterocycles. The minimum atomic E-state index is -4.23. The molecule has 5 nitrogen and oxygen atoms in total. The fraction of sp³-hybridized carbons (Fsp3) is 0.0870. The molecule has 0 atom stereocenters. The van der Waals surface area contributed by atoms with Crippen LogP contribution in [0.3, 0.4) is 0 Å². The Balaban J connectivity index is 1.92. The lowest BCUT2D eigenvalue weighted by Gasteiger charge is -2.24. The van der Waals surface area contributed by atoms with E-state index in [9.17, 15) is 13.2 Å². The van der Waals surface area contributed by atoms with E-state index in [0.29, 0.717) is 21.6 Å². The number of aryl methyl sites for hydroxylation is 2. The third-order valence-electron chi connectivity index (χ3n) is 4.76. The van der Waals surface area contributed by atoms with Crippen LogP contribution in [0, 0.1) is 13.8 Å². The molecule has 4 rings (SSSR count). The Bertz CT molecular complexity index is 1320. The molecule has 1 amide bonds. The molecule has 0 spiro atoms. The van der Waals surface area contributed by atoms with Gasteiger partial charge in [0.1, 0.15) is 5.58 Å². The summed E-state index contributed by atoms with van der Waals surface area (Å²) in [6.07, 6.45) is 0. The Labute approximate surface area is 179 Å². The van der Waals surface area contributed by atoms with Crippen molar-refractivity contribution in [3.8, 4) is 0 Å². The average Bonchev–Trinajstić information content (AvgIpc) is 3.15. The second-order valence-corrected chi connectivity index (χ2v) is 9.19. The molecule has 0 aliphatic heterocycles. The van der Waals surface area contributed by atoms with E-state index >= 15 is 0 Å². The van der Waals surface area contributed by atoms with Gasteiger partial charge >= 0.3 is 5.91 Å². The number of benzene rings is 3. The van der Waals surface area contributed by atoms with E-state index in [4.69, 9.17) is 16.0 Å². The van der Waals surface area contributed by atoms with Crippen molar-refractivity contribution in [1.82, 2.24) is 0 Å². The van der Waals surface area contributed by atoms with Gasteiger partial charge in [-0.15, -0.1) is 0 Å². The highest BCUT2D eigenvalue weighted by Crippen LogP contribution is 2.31. The first-order valence-corrected chi connectivity index (χ1v) is 11.0. The SMILES string of the molecule is Cc1ccc(C)c(N(C(=O)c2cc3ccccc3o2)S(=O)(=O)c2ccc(Cl)cc2)c1. The van der Waals surface area contributed by atoms with Crippen molar-refractivity contribution in [3.63, 3.8) is 0 Å². The third-order valence-corrected chi connectivity index (χ3v) is 6.72. The predicted octanol–water partition coefficient (Wildman–Crippen LogP) is 5.74. The van der Waals surface area contributed by atoms with E-state index in [1.807, 2.05) is 19.1 Å². The van der Waals surface area contributed by atoms with E-state index in [1.165, 1.54) is 24.3 Å². The molecule has 0 aliphatic carbocycles. The first-order chi connectivity index (χ1) is 14.3. The number of carbonyl (C=O) groups is 1. The first-order valence-electron chi connectivity index (χ1n) is 9.18. The molecule has 1 heterocycles. The van der Waals surface area contributed by atoms with Gasteiger partial charge in [0.15, 0.2) is 5.76 Å². The largest absolute Gasteiger partial charge is 0.451 e. The van der Waals surface area contributed by atoms with Crippen LogP contribution in [0.1, 0.15) is 21.7 Å². The molecule has 0 unspecified atom stereocenters. The van der Waals surface area contributed by atoms with Gasteiger partial charge in [-0.25, -0.2) is 8.42 Å². The van der Waals surface area contributed by atoms with Crippen LogP contribution in [-0.4, -0.2) is 14.3 Å². The van der Waals surface area contributed by atoms with Crippen LogP contribution in [-0.2, 0) is 10.0 Å². The van der Waals surface area contributed by atoms with Crippen LogP contribution >= 0.6 is 11.6 Å². The van der Waals surface area contributed by atoms with Gasteiger partial charge < -0.3 is 4.42 Å². The van der Waals surface area contributed by atoms with E-state index < -0.39 is 15.9 Å². The number of carbonyl (C=O) groups excluding carboxylic acids is 1. The molecule has 0 fully saturated rings. The zero-order valence-electron chi connectivity index (χ0n) is 16.3. The molecule has 1 aromatic heterocycles. The van der Waals surface area contributed by atoms with Gasteiger partial charge in [0.25, 0.3) is 10.0 Å². The molecule has 0 aliphatic rings.